The predicted molar refractivity (Wildman–Crippen MR) is 165 cm³/mol. The van der Waals surface area contributed by atoms with Gasteiger partial charge >= 0.3 is 5.97 Å². The molecule has 1 unspecified atom stereocenters. The second kappa shape index (κ2) is 20.4. The summed E-state index contributed by atoms with van der Waals surface area (Å²) in [7, 11) is 0. The van der Waals surface area contributed by atoms with Crippen LogP contribution in [0.5, 0.6) is 5.75 Å². The molecule has 4 rings (SSSR count). The molecule has 0 radical (unpaired) electrons. The number of benzene rings is 1. The molecule has 2 fully saturated rings. The Bertz CT molecular complexity index is 1370. The number of nitrogens with one attached hydrogen (secondary N) is 1. The Morgan fingerprint density at radius 1 is 0.660 bits per heavy atom. The van der Waals surface area contributed by atoms with E-state index >= 15 is 0 Å². The van der Waals surface area contributed by atoms with E-state index in [1.54, 1.807) is 12.1 Å². The van der Waals surface area contributed by atoms with Gasteiger partial charge in [-0.25, -0.2) is 4.79 Å². The van der Waals surface area contributed by atoms with Crippen LogP contribution in [-0.2, 0) is 57.2 Å². The minimum Gasteiger partial charge on any atom is -0.490 e. The van der Waals surface area contributed by atoms with E-state index in [0.29, 0.717) is 64.5 Å². The van der Waals surface area contributed by atoms with Crippen LogP contribution in [0.15, 0.2) is 18.2 Å². The first-order chi connectivity index (χ1) is 24.3. The molecule has 0 aliphatic carbocycles. The molecular weight excluding hydrogens is 666 g/mol. The van der Waals surface area contributed by atoms with Gasteiger partial charge in [0.2, 0.25) is 11.8 Å². The Kier molecular flexibility index (Phi) is 15.7. The third-order valence-corrected chi connectivity index (χ3v) is 7.42. The maximum absolute atomic E-state index is 13.1. The molecule has 1 aromatic carbocycles. The number of carbonyl (C=O) groups excluding carboxylic acids is 7. The molecule has 6 amide bonds. The molecule has 3 aliphatic heterocycles. The summed E-state index contributed by atoms with van der Waals surface area (Å²) >= 11 is 0. The molecule has 0 saturated carbocycles. The van der Waals surface area contributed by atoms with Crippen molar-refractivity contribution in [2.24, 2.45) is 0 Å². The molecule has 1 aromatic rings. The van der Waals surface area contributed by atoms with Gasteiger partial charge in [-0.2, -0.15) is 0 Å². The van der Waals surface area contributed by atoms with Crippen LogP contribution in [0.3, 0.4) is 0 Å². The van der Waals surface area contributed by atoms with Crippen molar-refractivity contribution in [1.29, 1.82) is 0 Å². The monoisotopic (exact) mass is 707 g/mol. The molecule has 18 heteroatoms. The number of fused-ring (bicyclic) bond motifs is 1. The summed E-state index contributed by atoms with van der Waals surface area (Å²) in [5, 5.41) is 2.67. The molecular formula is C32H41N3O15. The molecule has 0 spiro atoms. The predicted octanol–water partition coefficient (Wildman–Crippen LogP) is -0.436. The summed E-state index contributed by atoms with van der Waals surface area (Å²) in [6, 6.07) is 3.60. The third-order valence-electron chi connectivity index (χ3n) is 7.42. The van der Waals surface area contributed by atoms with Gasteiger partial charge in [0.25, 0.3) is 23.6 Å². The van der Waals surface area contributed by atoms with Crippen molar-refractivity contribution in [3.63, 3.8) is 0 Å². The maximum Gasteiger partial charge on any atom is 0.335 e. The van der Waals surface area contributed by atoms with E-state index in [1.165, 1.54) is 6.07 Å². The molecule has 2 saturated heterocycles. The summed E-state index contributed by atoms with van der Waals surface area (Å²) in [6.45, 7) is 3.82. The summed E-state index contributed by atoms with van der Waals surface area (Å²) < 4.78 is 38.2. The molecule has 274 valence electrons. The zero-order valence-corrected chi connectivity index (χ0v) is 27.6. The zero-order valence-electron chi connectivity index (χ0n) is 27.6. The highest BCUT2D eigenvalue weighted by molar-refractivity contribution is 6.24. The Balaban J connectivity index is 0.913. The lowest BCUT2D eigenvalue weighted by atomic mass is 10.0. The fourth-order valence-corrected chi connectivity index (χ4v) is 4.98. The number of nitrogens with zero attached hydrogens (tertiary/aromatic N) is 2. The number of hydrogen-bond donors (Lipinski definition) is 1. The van der Waals surface area contributed by atoms with E-state index < -0.39 is 47.5 Å². The molecule has 0 bridgehead atoms. The van der Waals surface area contributed by atoms with Crippen LogP contribution in [0, 0.1) is 0 Å². The lowest BCUT2D eigenvalue weighted by Gasteiger charge is -2.27. The van der Waals surface area contributed by atoms with Gasteiger partial charge in [-0.05, 0) is 18.6 Å². The van der Waals surface area contributed by atoms with Gasteiger partial charge in [-0.1, -0.05) is 6.07 Å². The van der Waals surface area contributed by atoms with Crippen LogP contribution in [0.25, 0.3) is 0 Å². The second-order valence-electron chi connectivity index (χ2n) is 10.9. The SMILES string of the molecule is O=C1CCC(N2C(=O)c3cccc(OCCOCCOCCOCCOCCOCCOCCC(=O)ON4C(=O)CCC4=O)c3C2=O)C(=O)N1. The van der Waals surface area contributed by atoms with Crippen molar-refractivity contribution >= 4 is 41.4 Å². The average Bonchev–Trinajstić information content (AvgIpc) is 3.55. The fraction of sp³-hybridized carbons (Fsp3) is 0.594. The van der Waals surface area contributed by atoms with Crippen molar-refractivity contribution in [1.82, 2.24) is 15.3 Å². The van der Waals surface area contributed by atoms with Crippen molar-refractivity contribution in [3.05, 3.63) is 29.3 Å². The molecule has 1 N–H and O–H groups in total. The molecule has 3 heterocycles. The normalized spacial score (nSPS) is 17.5. The number of rotatable bonds is 24. The Morgan fingerprint density at radius 2 is 1.18 bits per heavy atom. The van der Waals surface area contributed by atoms with E-state index in [0.717, 1.165) is 4.90 Å². The van der Waals surface area contributed by atoms with Crippen LogP contribution in [0.1, 0.15) is 52.8 Å². The van der Waals surface area contributed by atoms with E-state index in [-0.39, 0.29) is 75.4 Å². The molecule has 3 aliphatic rings. The van der Waals surface area contributed by atoms with E-state index in [1.807, 2.05) is 0 Å². The number of imide groups is 3. The summed E-state index contributed by atoms with van der Waals surface area (Å²) in [5.74, 6) is -3.92. The smallest absolute Gasteiger partial charge is 0.335 e. The Morgan fingerprint density at radius 3 is 1.72 bits per heavy atom. The van der Waals surface area contributed by atoms with Gasteiger partial charge in [0.1, 0.15) is 18.4 Å². The van der Waals surface area contributed by atoms with Gasteiger partial charge in [0.15, 0.2) is 0 Å². The Labute approximate surface area is 287 Å². The highest BCUT2D eigenvalue weighted by atomic mass is 16.7. The largest absolute Gasteiger partial charge is 0.490 e. The number of hydroxylamine groups is 2. The minimum atomic E-state index is -1.05. The number of ether oxygens (including phenoxy) is 7. The van der Waals surface area contributed by atoms with Gasteiger partial charge in [0.05, 0.1) is 96.8 Å². The zero-order chi connectivity index (χ0) is 35.7. The first kappa shape index (κ1) is 38.5. The molecule has 0 aromatic heterocycles. The van der Waals surface area contributed by atoms with Gasteiger partial charge in [-0.3, -0.25) is 39.0 Å². The quantitative estimate of drug-likeness (QED) is 0.107. The van der Waals surface area contributed by atoms with E-state index in [4.69, 9.17) is 38.0 Å². The first-order valence-electron chi connectivity index (χ1n) is 16.3. The van der Waals surface area contributed by atoms with Crippen LogP contribution in [-0.4, -0.2) is 143 Å². The average molecular weight is 708 g/mol. The van der Waals surface area contributed by atoms with Crippen molar-refractivity contribution in [2.45, 2.75) is 38.1 Å². The maximum atomic E-state index is 13.1. The van der Waals surface area contributed by atoms with Crippen molar-refractivity contribution < 1.29 is 71.6 Å². The van der Waals surface area contributed by atoms with Crippen molar-refractivity contribution in [3.8, 4) is 5.75 Å². The first-order valence-corrected chi connectivity index (χ1v) is 16.3. The molecule has 50 heavy (non-hydrogen) atoms. The number of amides is 6. The Hall–Kier alpha value is -4.33. The van der Waals surface area contributed by atoms with Crippen LogP contribution < -0.4 is 10.1 Å². The third kappa shape index (κ3) is 11.4. The summed E-state index contributed by atoms with van der Waals surface area (Å²) in [6.07, 6.45) is 0.0988. The van der Waals surface area contributed by atoms with Gasteiger partial charge in [-0.15, -0.1) is 5.06 Å². The van der Waals surface area contributed by atoms with Crippen LogP contribution in [0.4, 0.5) is 0 Å². The van der Waals surface area contributed by atoms with E-state index in [2.05, 4.69) is 5.32 Å². The minimum absolute atomic E-state index is 0.0395. The van der Waals surface area contributed by atoms with Gasteiger partial charge in [0, 0.05) is 19.3 Å². The lowest BCUT2D eigenvalue weighted by molar-refractivity contribution is -0.198. The summed E-state index contributed by atoms with van der Waals surface area (Å²) in [5.41, 5.74) is 0.226. The summed E-state index contributed by atoms with van der Waals surface area (Å²) in [4.78, 5) is 89.8. The lowest BCUT2D eigenvalue weighted by Crippen LogP contribution is -2.54. The molecule has 1 atom stereocenters. The topological polar surface area (TPSA) is 212 Å². The number of carbonyl (C=O) groups is 7. The molecule has 18 nitrogen and oxygen atoms in total. The number of hydrogen-bond acceptors (Lipinski definition) is 15. The van der Waals surface area contributed by atoms with E-state index in [9.17, 15) is 33.6 Å². The standard InChI is InChI=1S/C32H41N3O15/c36-25-5-4-23(30(40)33-25)34-31(41)22-2-1-3-24(29(22)32(34)42)49-21-20-48-19-18-47-17-16-46-15-14-45-13-12-44-11-10-43-9-8-28(39)50-35-26(37)6-7-27(35)38/h1-3,23H,4-21H2,(H,33,36,40). The van der Waals surface area contributed by atoms with Gasteiger partial charge < -0.3 is 38.0 Å². The highest BCUT2D eigenvalue weighted by Crippen LogP contribution is 2.33. The van der Waals surface area contributed by atoms with Crippen molar-refractivity contribution in [2.75, 3.05) is 85.9 Å². The second-order valence-corrected chi connectivity index (χ2v) is 10.9. The van der Waals surface area contributed by atoms with Crippen LogP contribution in [0.2, 0.25) is 0 Å². The highest BCUT2D eigenvalue weighted by Gasteiger charge is 2.46. The number of piperidine rings is 1. The fourth-order valence-electron chi connectivity index (χ4n) is 4.98. The van der Waals surface area contributed by atoms with Crippen LogP contribution >= 0.6 is 0 Å².